The molecule has 3 aromatic rings. The summed E-state index contributed by atoms with van der Waals surface area (Å²) in [6.45, 7) is 6.45. The van der Waals surface area contributed by atoms with Gasteiger partial charge in [-0.25, -0.2) is 4.52 Å². The molecule has 1 aromatic carbocycles. The minimum absolute atomic E-state index is 0.0838. The molecular weight excluding hydrogens is 428 g/mol. The van der Waals surface area contributed by atoms with Crippen molar-refractivity contribution in [3.8, 4) is 5.75 Å². The molecular formula is C27H34N4O3. The average Bonchev–Trinajstić information content (AvgIpc) is 3.25. The van der Waals surface area contributed by atoms with E-state index >= 15 is 0 Å². The Morgan fingerprint density at radius 2 is 1.91 bits per heavy atom. The molecule has 0 bridgehead atoms. The summed E-state index contributed by atoms with van der Waals surface area (Å²) in [5.74, 6) is 1.34. The highest BCUT2D eigenvalue weighted by molar-refractivity contribution is 5.97. The van der Waals surface area contributed by atoms with E-state index in [9.17, 15) is 4.79 Å². The zero-order chi connectivity index (χ0) is 23.2. The molecule has 2 aromatic heterocycles. The number of ether oxygens (including phenoxy) is 2. The summed E-state index contributed by atoms with van der Waals surface area (Å²) in [7, 11) is 0. The van der Waals surface area contributed by atoms with Gasteiger partial charge in [-0.2, -0.15) is 5.10 Å². The van der Waals surface area contributed by atoms with E-state index in [0.717, 1.165) is 71.6 Å². The third-order valence-electron chi connectivity index (χ3n) is 7.05. The second-order valence-corrected chi connectivity index (χ2v) is 9.29. The molecule has 2 aliphatic heterocycles. The SMILES string of the molecule is O=C(c1ccccc1OCCN1CCOCC1)N1CCC[C@H](Cc2cccn3nccc23)CC1. The van der Waals surface area contributed by atoms with E-state index in [1.807, 2.05) is 46.1 Å². The van der Waals surface area contributed by atoms with Crippen molar-refractivity contribution in [2.75, 3.05) is 52.5 Å². The number of nitrogens with zero attached hydrogens (tertiary/aromatic N) is 4. The largest absolute Gasteiger partial charge is 0.491 e. The van der Waals surface area contributed by atoms with Crippen LogP contribution in [0.25, 0.3) is 5.52 Å². The monoisotopic (exact) mass is 462 g/mol. The number of amides is 1. The Kier molecular flexibility index (Phi) is 7.41. The number of rotatable bonds is 7. The maximum Gasteiger partial charge on any atom is 0.257 e. The molecule has 1 atom stereocenters. The molecule has 0 unspecified atom stereocenters. The molecule has 7 nitrogen and oxygen atoms in total. The lowest BCUT2D eigenvalue weighted by atomic mass is 9.92. The third kappa shape index (κ3) is 5.42. The smallest absolute Gasteiger partial charge is 0.257 e. The quantitative estimate of drug-likeness (QED) is 0.538. The number of hydrogen-bond donors (Lipinski definition) is 0. The van der Waals surface area contributed by atoms with Crippen LogP contribution in [0.15, 0.2) is 54.9 Å². The zero-order valence-electron chi connectivity index (χ0n) is 19.8. The van der Waals surface area contributed by atoms with E-state index in [-0.39, 0.29) is 5.91 Å². The molecule has 5 rings (SSSR count). The molecule has 4 heterocycles. The summed E-state index contributed by atoms with van der Waals surface area (Å²) in [5.41, 5.74) is 3.19. The summed E-state index contributed by atoms with van der Waals surface area (Å²) in [4.78, 5) is 17.8. The molecule has 0 radical (unpaired) electrons. The second kappa shape index (κ2) is 11.0. The van der Waals surface area contributed by atoms with Gasteiger partial charge in [0.05, 0.1) is 24.3 Å². The fourth-order valence-corrected chi connectivity index (χ4v) is 5.12. The Labute approximate surface area is 201 Å². The lowest BCUT2D eigenvalue weighted by Gasteiger charge is -2.26. The van der Waals surface area contributed by atoms with Crippen LogP contribution in [0.5, 0.6) is 5.75 Å². The predicted molar refractivity (Wildman–Crippen MR) is 131 cm³/mol. The van der Waals surface area contributed by atoms with Gasteiger partial charge in [0.1, 0.15) is 12.4 Å². The standard InChI is InChI=1S/C27H34N4O3/c32-27(24-7-1-2-8-26(24)34-20-17-29-15-18-33-19-16-29)30-12-3-5-22(10-14-30)21-23-6-4-13-31-25(23)9-11-28-31/h1-2,4,6-9,11,13,22H,3,5,10,12,14-21H2/t22-/m0/s1. The minimum atomic E-state index is 0.0838. The van der Waals surface area contributed by atoms with E-state index < -0.39 is 0 Å². The van der Waals surface area contributed by atoms with Crippen molar-refractivity contribution in [3.63, 3.8) is 0 Å². The van der Waals surface area contributed by atoms with Gasteiger partial charge in [0, 0.05) is 45.1 Å². The van der Waals surface area contributed by atoms with E-state index in [0.29, 0.717) is 23.8 Å². The molecule has 1 amide bonds. The lowest BCUT2D eigenvalue weighted by Crippen LogP contribution is -2.38. The fourth-order valence-electron chi connectivity index (χ4n) is 5.12. The molecule has 180 valence electrons. The number of benzene rings is 1. The van der Waals surface area contributed by atoms with Crippen LogP contribution >= 0.6 is 0 Å². The first-order valence-corrected chi connectivity index (χ1v) is 12.5. The molecule has 0 N–H and O–H groups in total. The number of carbonyl (C=O) groups is 1. The Balaban J connectivity index is 1.18. The van der Waals surface area contributed by atoms with Gasteiger partial charge < -0.3 is 14.4 Å². The Morgan fingerprint density at radius 1 is 1.03 bits per heavy atom. The van der Waals surface area contributed by atoms with Crippen molar-refractivity contribution in [2.45, 2.75) is 25.7 Å². The first kappa shape index (κ1) is 22.9. The van der Waals surface area contributed by atoms with Crippen LogP contribution in [-0.4, -0.2) is 77.9 Å². The lowest BCUT2D eigenvalue weighted by molar-refractivity contribution is 0.0321. The molecule has 7 heteroatoms. The van der Waals surface area contributed by atoms with Gasteiger partial charge in [-0.1, -0.05) is 18.2 Å². The van der Waals surface area contributed by atoms with Gasteiger partial charge in [-0.3, -0.25) is 9.69 Å². The summed E-state index contributed by atoms with van der Waals surface area (Å²) >= 11 is 0. The average molecular weight is 463 g/mol. The number of aromatic nitrogens is 2. The number of pyridine rings is 1. The number of fused-ring (bicyclic) bond motifs is 1. The van der Waals surface area contributed by atoms with Crippen LogP contribution < -0.4 is 4.74 Å². The summed E-state index contributed by atoms with van der Waals surface area (Å²) < 4.78 is 13.4. The van der Waals surface area contributed by atoms with Gasteiger partial charge in [-0.15, -0.1) is 0 Å². The molecule has 0 saturated carbocycles. The minimum Gasteiger partial charge on any atom is -0.491 e. The van der Waals surface area contributed by atoms with Crippen LogP contribution in [0.1, 0.15) is 35.2 Å². The van der Waals surface area contributed by atoms with E-state index in [1.165, 1.54) is 11.1 Å². The number of para-hydroxylation sites is 1. The summed E-state index contributed by atoms with van der Waals surface area (Å²) in [6, 6.07) is 14.0. The number of hydrogen-bond acceptors (Lipinski definition) is 5. The molecule has 0 aliphatic carbocycles. The van der Waals surface area contributed by atoms with Crippen LogP contribution in [0, 0.1) is 5.92 Å². The fraction of sp³-hybridized carbons (Fsp3) is 0.481. The second-order valence-electron chi connectivity index (χ2n) is 9.29. The number of morpholine rings is 1. The number of carbonyl (C=O) groups excluding carboxylic acids is 1. The van der Waals surface area contributed by atoms with Crippen LogP contribution in [0.4, 0.5) is 0 Å². The maximum atomic E-state index is 13.5. The highest BCUT2D eigenvalue weighted by Crippen LogP contribution is 2.26. The topological polar surface area (TPSA) is 59.3 Å². The van der Waals surface area contributed by atoms with Crippen LogP contribution in [0.3, 0.4) is 0 Å². The van der Waals surface area contributed by atoms with Crippen molar-refractivity contribution < 1.29 is 14.3 Å². The molecule has 0 spiro atoms. The highest BCUT2D eigenvalue weighted by atomic mass is 16.5. The Hall–Kier alpha value is -2.90. The van der Waals surface area contributed by atoms with Gasteiger partial charge in [0.25, 0.3) is 5.91 Å². The van der Waals surface area contributed by atoms with Gasteiger partial charge in [0.2, 0.25) is 0 Å². The molecule has 34 heavy (non-hydrogen) atoms. The molecule has 2 fully saturated rings. The van der Waals surface area contributed by atoms with Crippen molar-refractivity contribution in [1.82, 2.24) is 19.4 Å². The zero-order valence-corrected chi connectivity index (χ0v) is 19.8. The Morgan fingerprint density at radius 3 is 2.82 bits per heavy atom. The highest BCUT2D eigenvalue weighted by Gasteiger charge is 2.24. The third-order valence-corrected chi connectivity index (χ3v) is 7.05. The normalized spacial score (nSPS) is 19.8. The van der Waals surface area contributed by atoms with Crippen LogP contribution in [-0.2, 0) is 11.2 Å². The number of likely N-dealkylation sites (tertiary alicyclic amines) is 1. The van der Waals surface area contributed by atoms with Crippen molar-refractivity contribution in [3.05, 3.63) is 66.0 Å². The summed E-state index contributed by atoms with van der Waals surface area (Å²) in [5, 5.41) is 4.36. The van der Waals surface area contributed by atoms with E-state index in [4.69, 9.17) is 9.47 Å². The predicted octanol–water partition coefficient (Wildman–Crippen LogP) is 3.53. The van der Waals surface area contributed by atoms with Gasteiger partial charge in [-0.05, 0) is 61.4 Å². The van der Waals surface area contributed by atoms with Crippen LogP contribution in [0.2, 0.25) is 0 Å². The van der Waals surface area contributed by atoms with Crippen molar-refractivity contribution in [1.29, 1.82) is 0 Å². The van der Waals surface area contributed by atoms with Gasteiger partial charge >= 0.3 is 0 Å². The van der Waals surface area contributed by atoms with E-state index in [2.05, 4.69) is 28.2 Å². The summed E-state index contributed by atoms with van der Waals surface area (Å²) in [6.07, 6.45) is 8.05. The molecule has 2 saturated heterocycles. The maximum absolute atomic E-state index is 13.5. The van der Waals surface area contributed by atoms with Crippen molar-refractivity contribution in [2.24, 2.45) is 5.92 Å². The van der Waals surface area contributed by atoms with Gasteiger partial charge in [0.15, 0.2) is 0 Å². The first-order chi connectivity index (χ1) is 16.8. The Bertz CT molecular complexity index is 1090. The van der Waals surface area contributed by atoms with Crippen molar-refractivity contribution >= 4 is 11.4 Å². The van der Waals surface area contributed by atoms with E-state index in [1.54, 1.807) is 0 Å². The first-order valence-electron chi connectivity index (χ1n) is 12.5. The molecule has 2 aliphatic rings.